The highest BCUT2D eigenvalue weighted by atomic mass is 16.4. The van der Waals surface area contributed by atoms with Crippen molar-refractivity contribution in [3.05, 3.63) is 101 Å². The molecule has 2 aromatic carbocycles. The van der Waals surface area contributed by atoms with Crippen molar-refractivity contribution in [1.82, 2.24) is 14.9 Å². The molecule has 0 saturated heterocycles. The topological polar surface area (TPSA) is 106 Å². The Balaban J connectivity index is 0.00000186. The number of amides is 1. The Kier molecular flexibility index (Phi) is 9.84. The average Bonchev–Trinajstić information content (AvgIpc) is 3.32. The number of benzene rings is 2. The number of nitrogens with one attached hydrogen (secondary N) is 1. The smallest absolute Gasteiger partial charge is 0.267 e. The monoisotopic (exact) mass is 499 g/mol. The summed E-state index contributed by atoms with van der Waals surface area (Å²) in [6.45, 7) is 9.39. The molecule has 4 N–H and O–H groups in total. The largest absolute Gasteiger partial charge is 0.409 e. The Morgan fingerprint density at radius 3 is 2.51 bits per heavy atom. The Bertz CT molecular complexity index is 1340. The number of hydrogen-bond acceptors (Lipinski definition) is 4. The third-order valence-electron chi connectivity index (χ3n) is 6.48. The van der Waals surface area contributed by atoms with Gasteiger partial charge in [0.05, 0.1) is 0 Å². The minimum absolute atomic E-state index is 0.0531. The van der Waals surface area contributed by atoms with Crippen LogP contribution in [0.4, 0.5) is 0 Å². The van der Waals surface area contributed by atoms with Crippen LogP contribution in [0.15, 0.2) is 78.2 Å². The summed E-state index contributed by atoms with van der Waals surface area (Å²) in [5.74, 6) is 0.316. The van der Waals surface area contributed by atoms with Crippen molar-refractivity contribution >= 4 is 22.6 Å². The van der Waals surface area contributed by atoms with E-state index in [-0.39, 0.29) is 11.7 Å². The summed E-state index contributed by atoms with van der Waals surface area (Å²) in [7, 11) is 0. The first kappa shape index (κ1) is 27.5. The quantitative estimate of drug-likeness (QED) is 0.119. The lowest BCUT2D eigenvalue weighted by Crippen LogP contribution is -2.28. The number of oxime groups is 1. The molecule has 0 radical (unpaired) electrons. The van der Waals surface area contributed by atoms with Crippen molar-refractivity contribution in [2.45, 2.75) is 53.0 Å². The summed E-state index contributed by atoms with van der Waals surface area (Å²) in [6, 6.07) is 19.7. The summed E-state index contributed by atoms with van der Waals surface area (Å²) in [4.78, 5) is 17.4. The molecule has 2 aromatic heterocycles. The highest BCUT2D eigenvalue weighted by Gasteiger charge is 2.19. The van der Waals surface area contributed by atoms with E-state index >= 15 is 0 Å². The molecule has 2 heterocycles. The molecule has 4 rings (SSSR count). The molecule has 0 aliphatic heterocycles. The summed E-state index contributed by atoms with van der Waals surface area (Å²) in [5.41, 5.74) is 11.4. The second-order valence-corrected chi connectivity index (χ2v) is 8.75. The minimum atomic E-state index is -0.113. The second kappa shape index (κ2) is 13.3. The standard InChI is InChI=1S/C28H31N5O2.C2H6/c1-3-19(2)23-8-5-9-25-24(23)17-26(28(34)31-15-12-20-10-13-30-14-11-20)33(25)18-21-6-4-7-22(16-21)27(29)32-35;1-2/h4-11,13-14,16-17,19,35H,3,12,15,18H2,1-2H3,(H2,29,32)(H,31,34);1-2H3. The van der Waals surface area contributed by atoms with Crippen LogP contribution in [-0.4, -0.2) is 33.0 Å². The molecular weight excluding hydrogens is 462 g/mol. The molecule has 1 amide bonds. The lowest BCUT2D eigenvalue weighted by Gasteiger charge is -2.14. The summed E-state index contributed by atoms with van der Waals surface area (Å²) in [6.07, 6.45) is 5.26. The maximum Gasteiger partial charge on any atom is 0.267 e. The van der Waals surface area contributed by atoms with Crippen LogP contribution in [0.3, 0.4) is 0 Å². The number of nitrogens with zero attached hydrogens (tertiary/aromatic N) is 3. The van der Waals surface area contributed by atoms with Gasteiger partial charge in [0, 0.05) is 41.9 Å². The fourth-order valence-electron chi connectivity index (χ4n) is 4.35. The SMILES string of the molecule is CC.CCC(C)c1cccc2c1cc(C(=O)NCCc1ccncc1)n2Cc1cccc(/C(N)=N/O)c1. The van der Waals surface area contributed by atoms with E-state index in [2.05, 4.69) is 47.5 Å². The van der Waals surface area contributed by atoms with Crippen LogP contribution < -0.4 is 11.1 Å². The van der Waals surface area contributed by atoms with Gasteiger partial charge in [0.25, 0.3) is 5.91 Å². The van der Waals surface area contributed by atoms with Crippen molar-refractivity contribution in [3.8, 4) is 0 Å². The van der Waals surface area contributed by atoms with Crippen molar-refractivity contribution in [1.29, 1.82) is 0 Å². The van der Waals surface area contributed by atoms with Gasteiger partial charge in [-0.25, -0.2) is 0 Å². The molecule has 0 aliphatic carbocycles. The minimum Gasteiger partial charge on any atom is -0.409 e. The molecule has 7 heteroatoms. The van der Waals surface area contributed by atoms with Crippen molar-refractivity contribution in [2.24, 2.45) is 10.9 Å². The lowest BCUT2D eigenvalue weighted by molar-refractivity contribution is 0.0945. The van der Waals surface area contributed by atoms with E-state index in [1.165, 1.54) is 5.56 Å². The predicted molar refractivity (Wildman–Crippen MR) is 150 cm³/mol. The van der Waals surface area contributed by atoms with Crippen LogP contribution in [0, 0.1) is 0 Å². The third-order valence-corrected chi connectivity index (χ3v) is 6.48. The average molecular weight is 500 g/mol. The van der Waals surface area contributed by atoms with Gasteiger partial charge in [-0.2, -0.15) is 0 Å². The van der Waals surface area contributed by atoms with Gasteiger partial charge in [-0.15, -0.1) is 0 Å². The van der Waals surface area contributed by atoms with Crippen molar-refractivity contribution in [3.63, 3.8) is 0 Å². The first-order valence-electron chi connectivity index (χ1n) is 12.9. The number of carbonyl (C=O) groups is 1. The summed E-state index contributed by atoms with van der Waals surface area (Å²) in [5, 5.41) is 16.4. The maximum absolute atomic E-state index is 13.4. The molecule has 0 aliphatic rings. The first-order chi connectivity index (χ1) is 18.0. The second-order valence-electron chi connectivity index (χ2n) is 8.75. The summed E-state index contributed by atoms with van der Waals surface area (Å²) >= 11 is 0. The fraction of sp³-hybridized carbons (Fsp3) is 0.300. The van der Waals surface area contributed by atoms with Gasteiger partial charge in [0.15, 0.2) is 5.84 Å². The number of amidine groups is 1. The van der Waals surface area contributed by atoms with Crippen LogP contribution in [-0.2, 0) is 13.0 Å². The Hall–Kier alpha value is -4.13. The Morgan fingerprint density at radius 2 is 1.81 bits per heavy atom. The van der Waals surface area contributed by atoms with Gasteiger partial charge < -0.3 is 20.8 Å². The number of aromatic nitrogens is 2. The number of carbonyl (C=O) groups excluding carboxylic acids is 1. The normalized spacial score (nSPS) is 12.1. The zero-order chi connectivity index (χ0) is 26.8. The molecule has 1 unspecified atom stereocenters. The molecule has 4 aromatic rings. The number of rotatable bonds is 9. The fourth-order valence-corrected chi connectivity index (χ4v) is 4.35. The van der Waals surface area contributed by atoms with Crippen LogP contribution in [0.1, 0.15) is 72.8 Å². The molecule has 0 spiro atoms. The number of pyridine rings is 1. The zero-order valence-electron chi connectivity index (χ0n) is 22.1. The Labute approximate surface area is 219 Å². The van der Waals surface area contributed by atoms with Crippen LogP contribution in [0.2, 0.25) is 0 Å². The molecule has 0 fully saturated rings. The van der Waals surface area contributed by atoms with Gasteiger partial charge in [-0.3, -0.25) is 9.78 Å². The molecule has 194 valence electrons. The number of hydrogen-bond donors (Lipinski definition) is 3. The van der Waals surface area contributed by atoms with Crippen LogP contribution in [0.5, 0.6) is 0 Å². The summed E-state index contributed by atoms with van der Waals surface area (Å²) < 4.78 is 2.05. The van der Waals surface area contributed by atoms with E-state index in [1.54, 1.807) is 18.5 Å². The molecule has 1 atom stereocenters. The van der Waals surface area contributed by atoms with Gasteiger partial charge in [-0.1, -0.05) is 63.2 Å². The Morgan fingerprint density at radius 1 is 1.08 bits per heavy atom. The molecular formula is C30H37N5O2. The number of nitrogens with two attached hydrogens (primary N) is 1. The maximum atomic E-state index is 13.4. The molecule has 0 saturated carbocycles. The van der Waals surface area contributed by atoms with Gasteiger partial charge >= 0.3 is 0 Å². The van der Waals surface area contributed by atoms with E-state index < -0.39 is 0 Å². The molecule has 0 bridgehead atoms. The lowest BCUT2D eigenvalue weighted by atomic mass is 9.95. The van der Waals surface area contributed by atoms with Crippen molar-refractivity contribution in [2.75, 3.05) is 6.54 Å². The highest BCUT2D eigenvalue weighted by molar-refractivity contribution is 6.00. The molecule has 37 heavy (non-hydrogen) atoms. The van der Waals surface area contributed by atoms with Crippen molar-refractivity contribution < 1.29 is 10.0 Å². The zero-order valence-corrected chi connectivity index (χ0v) is 22.1. The molecule has 7 nitrogen and oxygen atoms in total. The number of fused-ring (bicyclic) bond motifs is 1. The van der Waals surface area contributed by atoms with E-state index in [1.807, 2.05) is 54.8 Å². The van der Waals surface area contributed by atoms with E-state index in [0.29, 0.717) is 30.3 Å². The van der Waals surface area contributed by atoms with Gasteiger partial charge in [-0.05, 0) is 65.8 Å². The van der Waals surface area contributed by atoms with E-state index in [9.17, 15) is 4.79 Å². The predicted octanol–water partition coefficient (Wildman–Crippen LogP) is 5.69. The van der Waals surface area contributed by atoms with E-state index in [0.717, 1.165) is 34.9 Å². The van der Waals surface area contributed by atoms with E-state index in [4.69, 9.17) is 10.9 Å². The third kappa shape index (κ3) is 6.55. The van der Waals surface area contributed by atoms with Gasteiger partial charge in [0.1, 0.15) is 5.69 Å². The van der Waals surface area contributed by atoms with Crippen LogP contribution >= 0.6 is 0 Å². The van der Waals surface area contributed by atoms with Gasteiger partial charge in [0.2, 0.25) is 0 Å². The first-order valence-corrected chi connectivity index (χ1v) is 12.9. The highest BCUT2D eigenvalue weighted by Crippen LogP contribution is 2.31. The van der Waals surface area contributed by atoms with Crippen LogP contribution in [0.25, 0.3) is 10.9 Å².